The Labute approximate surface area is 140 Å². The van der Waals surface area contributed by atoms with E-state index < -0.39 is 23.3 Å². The number of benzene rings is 2. The summed E-state index contributed by atoms with van der Waals surface area (Å²) in [4.78, 5) is 26.1. The van der Waals surface area contributed by atoms with Gasteiger partial charge in [-0.3, -0.25) is 15.0 Å². The second kappa shape index (κ2) is 6.45. The monoisotopic (exact) mass is 324 g/mol. The van der Waals surface area contributed by atoms with Crippen LogP contribution in [0.2, 0.25) is 0 Å². The molecule has 1 aliphatic rings. The maximum absolute atomic E-state index is 13.2. The van der Waals surface area contributed by atoms with Crippen molar-refractivity contribution < 1.29 is 14.7 Å². The number of carbonyl (C=O) groups excluding carboxylic acids is 2. The van der Waals surface area contributed by atoms with Gasteiger partial charge in [0.15, 0.2) is 5.41 Å². The summed E-state index contributed by atoms with van der Waals surface area (Å²) >= 11 is 0. The van der Waals surface area contributed by atoms with Crippen molar-refractivity contribution in [2.75, 3.05) is 5.01 Å². The molecule has 1 heterocycles. The zero-order valence-electron chi connectivity index (χ0n) is 13.5. The molecule has 0 saturated carbocycles. The number of hydrogen-bond donors (Lipinski definition) is 2. The van der Waals surface area contributed by atoms with E-state index >= 15 is 0 Å². The molecule has 0 bridgehead atoms. The topological polar surface area (TPSA) is 69.6 Å². The fraction of sp³-hybridized carbons (Fsp3) is 0.263. The molecule has 124 valence electrons. The summed E-state index contributed by atoms with van der Waals surface area (Å²) in [5.41, 5.74) is 2.09. The van der Waals surface area contributed by atoms with Crippen LogP contribution in [-0.4, -0.2) is 23.0 Å². The number of rotatable bonds is 5. The first-order chi connectivity index (χ1) is 11.6. The first-order valence-electron chi connectivity index (χ1n) is 8.06. The zero-order valence-corrected chi connectivity index (χ0v) is 13.5. The molecule has 2 aromatic rings. The summed E-state index contributed by atoms with van der Waals surface area (Å²) in [7, 11) is 0. The molecule has 2 atom stereocenters. The molecule has 1 fully saturated rings. The lowest BCUT2D eigenvalue weighted by Crippen LogP contribution is -2.51. The van der Waals surface area contributed by atoms with Gasteiger partial charge in [0.2, 0.25) is 0 Å². The van der Waals surface area contributed by atoms with Crippen LogP contribution in [0.3, 0.4) is 0 Å². The minimum Gasteiger partial charge on any atom is -0.391 e. The van der Waals surface area contributed by atoms with Gasteiger partial charge in [-0.05, 0) is 24.1 Å². The molecule has 2 N–H and O–H groups in total. The van der Waals surface area contributed by atoms with Crippen LogP contribution in [0.15, 0.2) is 60.7 Å². The first-order valence-corrected chi connectivity index (χ1v) is 8.06. The van der Waals surface area contributed by atoms with E-state index in [2.05, 4.69) is 5.43 Å². The van der Waals surface area contributed by atoms with E-state index in [1.54, 1.807) is 48.5 Å². The van der Waals surface area contributed by atoms with Crippen molar-refractivity contribution in [3.63, 3.8) is 0 Å². The van der Waals surface area contributed by atoms with E-state index in [0.717, 1.165) is 0 Å². The van der Waals surface area contributed by atoms with Gasteiger partial charge in [0, 0.05) is 0 Å². The second-order valence-electron chi connectivity index (χ2n) is 5.90. The van der Waals surface area contributed by atoms with E-state index in [1.165, 1.54) is 5.01 Å². The number of hydrazine groups is 1. The van der Waals surface area contributed by atoms with E-state index in [-0.39, 0.29) is 0 Å². The van der Waals surface area contributed by atoms with Crippen LogP contribution in [0.25, 0.3) is 0 Å². The van der Waals surface area contributed by atoms with Crippen LogP contribution in [0, 0.1) is 0 Å². The van der Waals surface area contributed by atoms with Crippen molar-refractivity contribution >= 4 is 17.5 Å². The molecule has 2 amide bonds. The predicted molar refractivity (Wildman–Crippen MR) is 91.1 cm³/mol. The van der Waals surface area contributed by atoms with Crippen molar-refractivity contribution in [3.05, 3.63) is 66.2 Å². The lowest BCUT2D eigenvalue weighted by molar-refractivity contribution is -0.135. The van der Waals surface area contributed by atoms with Gasteiger partial charge in [-0.15, -0.1) is 0 Å². The number of aliphatic hydroxyl groups is 1. The molecule has 0 aliphatic carbocycles. The zero-order chi connectivity index (χ0) is 17.2. The molecule has 0 aromatic heterocycles. The van der Waals surface area contributed by atoms with Gasteiger partial charge >= 0.3 is 0 Å². The smallest absolute Gasteiger partial charge is 0.268 e. The van der Waals surface area contributed by atoms with Crippen LogP contribution in [0.5, 0.6) is 0 Å². The molecular formula is C19H20N2O3. The molecule has 5 nitrogen and oxygen atoms in total. The Morgan fingerprint density at radius 3 is 2.21 bits per heavy atom. The fourth-order valence-corrected chi connectivity index (χ4v) is 3.20. The SMILES string of the molecule is CCCC(O)C1(c2ccccc2)C(=O)NN(c2ccccc2)C1=O. The van der Waals surface area contributed by atoms with Crippen LogP contribution >= 0.6 is 0 Å². The third-order valence-corrected chi connectivity index (χ3v) is 4.42. The summed E-state index contributed by atoms with van der Waals surface area (Å²) in [5.74, 6) is -0.950. The number of amides is 2. The molecule has 0 radical (unpaired) electrons. The van der Waals surface area contributed by atoms with Crippen molar-refractivity contribution in [3.8, 4) is 0 Å². The maximum atomic E-state index is 13.2. The van der Waals surface area contributed by atoms with Gasteiger partial charge in [0.25, 0.3) is 11.8 Å². The molecule has 1 aliphatic heterocycles. The highest BCUT2D eigenvalue weighted by atomic mass is 16.3. The minimum absolute atomic E-state index is 0.358. The van der Waals surface area contributed by atoms with Crippen molar-refractivity contribution in [1.29, 1.82) is 0 Å². The molecule has 1 saturated heterocycles. The number of aliphatic hydroxyl groups excluding tert-OH is 1. The minimum atomic E-state index is -1.62. The number of carbonyl (C=O) groups is 2. The quantitative estimate of drug-likeness (QED) is 0.828. The Kier molecular flexibility index (Phi) is 4.36. The van der Waals surface area contributed by atoms with Crippen molar-refractivity contribution in [2.45, 2.75) is 31.3 Å². The number of para-hydroxylation sites is 1. The van der Waals surface area contributed by atoms with Crippen LogP contribution in [0.4, 0.5) is 5.69 Å². The van der Waals surface area contributed by atoms with Crippen LogP contribution in [0.1, 0.15) is 25.3 Å². The second-order valence-corrected chi connectivity index (χ2v) is 5.90. The Morgan fingerprint density at radius 1 is 1.04 bits per heavy atom. The highest BCUT2D eigenvalue weighted by molar-refractivity contribution is 6.23. The fourth-order valence-electron chi connectivity index (χ4n) is 3.20. The normalized spacial score (nSPS) is 21.7. The molecule has 3 rings (SSSR count). The van der Waals surface area contributed by atoms with Gasteiger partial charge in [0.05, 0.1) is 11.8 Å². The molecule has 2 unspecified atom stereocenters. The van der Waals surface area contributed by atoms with E-state index in [9.17, 15) is 14.7 Å². The lowest BCUT2D eigenvalue weighted by Gasteiger charge is -2.29. The summed E-state index contributed by atoms with van der Waals surface area (Å²) in [6, 6.07) is 17.7. The van der Waals surface area contributed by atoms with E-state index in [1.807, 2.05) is 19.1 Å². The van der Waals surface area contributed by atoms with Crippen molar-refractivity contribution in [1.82, 2.24) is 5.43 Å². The number of nitrogens with one attached hydrogen (secondary N) is 1. The summed E-state index contributed by atoms with van der Waals surface area (Å²) in [5, 5.41) is 12.0. The number of hydrogen-bond acceptors (Lipinski definition) is 3. The van der Waals surface area contributed by atoms with E-state index in [0.29, 0.717) is 24.1 Å². The van der Waals surface area contributed by atoms with Gasteiger partial charge in [-0.2, -0.15) is 0 Å². The average Bonchev–Trinajstić information content (AvgIpc) is 2.88. The third kappa shape index (κ3) is 2.37. The lowest BCUT2D eigenvalue weighted by atomic mass is 9.73. The van der Waals surface area contributed by atoms with Gasteiger partial charge in [-0.25, -0.2) is 5.01 Å². The third-order valence-electron chi connectivity index (χ3n) is 4.42. The first kappa shape index (κ1) is 16.2. The Morgan fingerprint density at radius 2 is 1.62 bits per heavy atom. The maximum Gasteiger partial charge on any atom is 0.268 e. The predicted octanol–water partition coefficient (Wildman–Crippen LogP) is 2.16. The highest BCUT2D eigenvalue weighted by Gasteiger charge is 2.60. The Bertz CT molecular complexity index is 733. The van der Waals surface area contributed by atoms with Gasteiger partial charge in [-0.1, -0.05) is 61.9 Å². The van der Waals surface area contributed by atoms with Gasteiger partial charge in [0.1, 0.15) is 0 Å². The van der Waals surface area contributed by atoms with E-state index in [4.69, 9.17) is 0 Å². The number of anilines is 1. The summed E-state index contributed by atoms with van der Waals surface area (Å²) in [6.45, 7) is 1.91. The van der Waals surface area contributed by atoms with Crippen LogP contribution in [-0.2, 0) is 15.0 Å². The average molecular weight is 324 g/mol. The molecule has 0 spiro atoms. The number of nitrogens with zero attached hydrogens (tertiary/aromatic N) is 1. The summed E-state index contributed by atoms with van der Waals surface area (Å²) < 4.78 is 0. The molecule has 24 heavy (non-hydrogen) atoms. The van der Waals surface area contributed by atoms with Crippen molar-refractivity contribution in [2.24, 2.45) is 0 Å². The summed E-state index contributed by atoms with van der Waals surface area (Å²) in [6.07, 6.45) is -0.0654. The van der Waals surface area contributed by atoms with Crippen LogP contribution < -0.4 is 10.4 Å². The standard InChI is InChI=1S/C19H20N2O3/c1-2-9-16(22)19(14-10-5-3-6-11-14)17(23)20-21(18(19)24)15-12-7-4-8-13-15/h3-8,10-13,16,22H,2,9H2,1H3,(H,20,23). The molecular weight excluding hydrogens is 304 g/mol. The molecule has 2 aromatic carbocycles. The highest BCUT2D eigenvalue weighted by Crippen LogP contribution is 2.38. The Hall–Kier alpha value is -2.66. The molecule has 5 heteroatoms. The Balaban J connectivity index is 2.12. The van der Waals surface area contributed by atoms with Gasteiger partial charge < -0.3 is 5.11 Å². The largest absolute Gasteiger partial charge is 0.391 e.